The van der Waals surface area contributed by atoms with E-state index < -0.39 is 0 Å². The number of hydrogen-bond donors (Lipinski definition) is 0. The monoisotopic (exact) mass is 274 g/mol. The Labute approximate surface area is 117 Å². The number of likely N-dealkylation sites (N-methyl/N-ethyl adjacent to an activating group) is 1. The van der Waals surface area contributed by atoms with E-state index in [1.54, 1.807) is 11.2 Å². The molecule has 2 aromatic rings. The maximum absolute atomic E-state index is 4.61. The van der Waals surface area contributed by atoms with Crippen molar-refractivity contribution in [3.05, 3.63) is 16.8 Å². The van der Waals surface area contributed by atoms with Crippen molar-refractivity contribution in [2.24, 2.45) is 0 Å². The van der Waals surface area contributed by atoms with Crippen LogP contribution < -0.4 is 4.90 Å². The Morgan fingerprint density at radius 2 is 1.95 bits per heavy atom. The summed E-state index contributed by atoms with van der Waals surface area (Å²) in [6, 6.07) is 0. The zero-order valence-corrected chi connectivity index (χ0v) is 12.0. The number of piperazine rings is 1. The van der Waals surface area contributed by atoms with Gasteiger partial charge in [0.05, 0.1) is 5.39 Å². The first-order chi connectivity index (χ1) is 9.33. The van der Waals surface area contributed by atoms with Gasteiger partial charge >= 0.3 is 0 Å². The molecule has 1 fully saturated rings. The lowest BCUT2D eigenvalue weighted by Gasteiger charge is -2.33. The van der Waals surface area contributed by atoms with Crippen molar-refractivity contribution in [2.75, 3.05) is 38.1 Å². The predicted molar refractivity (Wildman–Crippen MR) is 79.2 cm³/mol. The van der Waals surface area contributed by atoms with Crippen LogP contribution in [0.3, 0.4) is 0 Å². The summed E-state index contributed by atoms with van der Waals surface area (Å²) in [5, 5.41) is 1.35. The number of fused-ring (bicyclic) bond motifs is 3. The number of hydrogen-bond acceptors (Lipinski definition) is 5. The van der Waals surface area contributed by atoms with Crippen molar-refractivity contribution in [1.29, 1.82) is 0 Å². The molecule has 4 rings (SSSR count). The molecule has 0 N–H and O–H groups in total. The molecule has 5 heteroatoms. The Bertz CT molecular complexity index is 613. The summed E-state index contributed by atoms with van der Waals surface area (Å²) in [4.78, 5) is 16.7. The van der Waals surface area contributed by atoms with Gasteiger partial charge in [0.2, 0.25) is 0 Å². The smallest absolute Gasteiger partial charge is 0.141 e. The summed E-state index contributed by atoms with van der Waals surface area (Å²) in [5.41, 5.74) is 1.54. The van der Waals surface area contributed by atoms with E-state index in [0.29, 0.717) is 0 Å². The molecular formula is C14H18N4S. The summed E-state index contributed by atoms with van der Waals surface area (Å²) in [6.45, 7) is 4.40. The van der Waals surface area contributed by atoms with Gasteiger partial charge in [0.15, 0.2) is 0 Å². The molecule has 0 unspecified atom stereocenters. The minimum Gasteiger partial charge on any atom is -0.353 e. The van der Waals surface area contributed by atoms with Gasteiger partial charge in [0.25, 0.3) is 0 Å². The molecule has 2 aromatic heterocycles. The lowest BCUT2D eigenvalue weighted by molar-refractivity contribution is 0.312. The van der Waals surface area contributed by atoms with E-state index in [9.17, 15) is 0 Å². The van der Waals surface area contributed by atoms with E-state index in [1.165, 1.54) is 40.9 Å². The molecule has 19 heavy (non-hydrogen) atoms. The lowest BCUT2D eigenvalue weighted by Crippen LogP contribution is -2.44. The van der Waals surface area contributed by atoms with Gasteiger partial charge in [-0.25, -0.2) is 9.97 Å². The number of aryl methyl sites for hydroxylation is 2. The molecule has 0 aromatic carbocycles. The molecule has 3 heterocycles. The van der Waals surface area contributed by atoms with Crippen LogP contribution in [0.1, 0.15) is 16.9 Å². The van der Waals surface area contributed by atoms with E-state index in [1.807, 2.05) is 11.3 Å². The fraction of sp³-hybridized carbons (Fsp3) is 0.571. The second kappa shape index (κ2) is 4.42. The molecule has 100 valence electrons. The van der Waals surface area contributed by atoms with Crippen LogP contribution in [-0.4, -0.2) is 48.1 Å². The van der Waals surface area contributed by atoms with Crippen LogP contribution in [0.4, 0.5) is 5.82 Å². The van der Waals surface area contributed by atoms with Crippen LogP contribution in [0.25, 0.3) is 10.2 Å². The van der Waals surface area contributed by atoms with Crippen LogP contribution in [0.5, 0.6) is 0 Å². The Hall–Kier alpha value is -1.20. The summed E-state index contributed by atoms with van der Waals surface area (Å²) < 4.78 is 0. The lowest BCUT2D eigenvalue weighted by atomic mass is 10.1. The van der Waals surface area contributed by atoms with Crippen molar-refractivity contribution in [3.8, 4) is 0 Å². The molecular weight excluding hydrogens is 256 g/mol. The summed E-state index contributed by atoms with van der Waals surface area (Å²) in [7, 11) is 2.19. The quantitative estimate of drug-likeness (QED) is 0.795. The molecule has 0 atom stereocenters. The third kappa shape index (κ3) is 1.83. The highest BCUT2D eigenvalue weighted by molar-refractivity contribution is 7.19. The van der Waals surface area contributed by atoms with E-state index in [4.69, 9.17) is 0 Å². The first-order valence-electron chi connectivity index (χ1n) is 7.01. The third-order valence-electron chi connectivity index (χ3n) is 4.28. The van der Waals surface area contributed by atoms with Crippen LogP contribution in [0, 0.1) is 0 Å². The van der Waals surface area contributed by atoms with Crippen LogP contribution in [-0.2, 0) is 12.8 Å². The third-order valence-corrected chi connectivity index (χ3v) is 5.48. The number of anilines is 1. The molecule has 0 radical (unpaired) electrons. The molecule has 4 nitrogen and oxygen atoms in total. The summed E-state index contributed by atoms with van der Waals surface area (Å²) in [6.07, 6.45) is 5.48. The minimum atomic E-state index is 1.08. The maximum Gasteiger partial charge on any atom is 0.141 e. The van der Waals surface area contributed by atoms with E-state index in [2.05, 4.69) is 26.8 Å². The number of thiophene rings is 1. The van der Waals surface area contributed by atoms with Gasteiger partial charge < -0.3 is 9.80 Å². The first kappa shape index (κ1) is 11.6. The molecule has 0 amide bonds. The fourth-order valence-electron chi connectivity index (χ4n) is 3.17. The van der Waals surface area contributed by atoms with Crippen molar-refractivity contribution < 1.29 is 0 Å². The number of aromatic nitrogens is 2. The van der Waals surface area contributed by atoms with Gasteiger partial charge in [-0.15, -0.1) is 11.3 Å². The highest BCUT2D eigenvalue weighted by Gasteiger charge is 2.24. The molecule has 0 spiro atoms. The average Bonchev–Trinajstić information content (AvgIpc) is 2.99. The van der Waals surface area contributed by atoms with E-state index in [-0.39, 0.29) is 0 Å². The van der Waals surface area contributed by atoms with Crippen LogP contribution in [0.15, 0.2) is 6.33 Å². The second-order valence-corrected chi connectivity index (χ2v) is 6.61. The van der Waals surface area contributed by atoms with Crippen molar-refractivity contribution in [1.82, 2.24) is 14.9 Å². The largest absolute Gasteiger partial charge is 0.353 e. The van der Waals surface area contributed by atoms with E-state index >= 15 is 0 Å². The standard InChI is InChI=1S/C14H18N4S/c1-17-5-7-18(8-6-17)13-12-10-3-2-4-11(10)19-14(12)16-9-15-13/h9H,2-8H2,1H3. The minimum absolute atomic E-state index is 1.08. The van der Waals surface area contributed by atoms with Crippen LogP contribution >= 0.6 is 11.3 Å². The first-order valence-corrected chi connectivity index (χ1v) is 7.83. The number of rotatable bonds is 1. The van der Waals surface area contributed by atoms with Crippen molar-refractivity contribution >= 4 is 27.4 Å². The molecule has 1 aliphatic heterocycles. The predicted octanol–water partition coefficient (Wildman–Crippen LogP) is 1.93. The fourth-order valence-corrected chi connectivity index (χ4v) is 4.39. The van der Waals surface area contributed by atoms with Crippen molar-refractivity contribution in [2.45, 2.75) is 19.3 Å². The van der Waals surface area contributed by atoms with E-state index in [0.717, 1.165) is 26.2 Å². The summed E-state index contributed by atoms with van der Waals surface area (Å²) in [5.74, 6) is 1.18. The normalized spacial score (nSPS) is 20.2. The zero-order chi connectivity index (χ0) is 12.8. The highest BCUT2D eigenvalue weighted by Crippen LogP contribution is 2.40. The highest BCUT2D eigenvalue weighted by atomic mass is 32.1. The van der Waals surface area contributed by atoms with Gasteiger partial charge in [-0.3, -0.25) is 0 Å². The van der Waals surface area contributed by atoms with Gasteiger partial charge in [-0.1, -0.05) is 0 Å². The summed E-state index contributed by atoms with van der Waals surface area (Å²) >= 11 is 1.88. The SMILES string of the molecule is CN1CCN(c2ncnc3sc4c(c23)CCC4)CC1. The zero-order valence-electron chi connectivity index (χ0n) is 11.2. The van der Waals surface area contributed by atoms with Gasteiger partial charge in [-0.2, -0.15) is 0 Å². The molecule has 0 bridgehead atoms. The molecule has 0 saturated carbocycles. The maximum atomic E-state index is 4.61. The molecule has 2 aliphatic rings. The Morgan fingerprint density at radius 3 is 2.79 bits per heavy atom. The second-order valence-electron chi connectivity index (χ2n) is 5.53. The van der Waals surface area contributed by atoms with Gasteiger partial charge in [0.1, 0.15) is 17.0 Å². The van der Waals surface area contributed by atoms with Gasteiger partial charge in [-0.05, 0) is 31.9 Å². The van der Waals surface area contributed by atoms with Gasteiger partial charge in [0, 0.05) is 31.1 Å². The Balaban J connectivity index is 1.81. The Morgan fingerprint density at radius 1 is 1.11 bits per heavy atom. The molecule has 1 saturated heterocycles. The topological polar surface area (TPSA) is 32.3 Å². The van der Waals surface area contributed by atoms with Crippen molar-refractivity contribution in [3.63, 3.8) is 0 Å². The van der Waals surface area contributed by atoms with Crippen LogP contribution in [0.2, 0.25) is 0 Å². The number of nitrogens with zero attached hydrogens (tertiary/aromatic N) is 4. The average molecular weight is 274 g/mol. The molecule has 1 aliphatic carbocycles. The Kier molecular flexibility index (Phi) is 2.70.